The van der Waals surface area contributed by atoms with Crippen LogP contribution in [0, 0.1) is 0 Å². The third-order valence-corrected chi connectivity index (χ3v) is 3.28. The molecule has 0 radical (unpaired) electrons. The molecule has 0 spiro atoms. The Labute approximate surface area is 134 Å². The summed E-state index contributed by atoms with van der Waals surface area (Å²) in [6.45, 7) is 0. The third-order valence-electron chi connectivity index (χ3n) is 3.28. The molecule has 120 valence electrons. The first-order valence-electron chi connectivity index (χ1n) is 7.06. The van der Waals surface area contributed by atoms with Crippen LogP contribution in [0.1, 0.15) is 15.9 Å². The Morgan fingerprint density at radius 3 is 2.43 bits per heavy atom. The van der Waals surface area contributed by atoms with Crippen LogP contribution in [-0.4, -0.2) is 37.1 Å². The summed E-state index contributed by atoms with van der Waals surface area (Å²) in [7, 11) is 2.79. The number of pyridine rings is 1. The Balaban J connectivity index is 2.10. The number of nitrogens with zero attached hydrogens (tertiary/aromatic N) is 1. The van der Waals surface area contributed by atoms with Crippen LogP contribution < -0.4 is 10.1 Å². The second kappa shape index (κ2) is 7.93. The minimum absolute atomic E-state index is 0.341. The smallest absolute Gasteiger partial charge is 0.328 e. The molecule has 0 aliphatic rings. The molecule has 6 nitrogen and oxygen atoms in total. The third kappa shape index (κ3) is 4.54. The Morgan fingerprint density at radius 2 is 1.87 bits per heavy atom. The van der Waals surface area contributed by atoms with Crippen LogP contribution in [0.4, 0.5) is 0 Å². The highest BCUT2D eigenvalue weighted by molar-refractivity contribution is 5.96. The van der Waals surface area contributed by atoms with Crippen molar-refractivity contribution in [1.82, 2.24) is 10.3 Å². The Kier molecular flexibility index (Phi) is 5.68. The van der Waals surface area contributed by atoms with Gasteiger partial charge in [-0.1, -0.05) is 30.3 Å². The molecule has 0 fully saturated rings. The lowest BCUT2D eigenvalue weighted by molar-refractivity contribution is -0.142. The van der Waals surface area contributed by atoms with Crippen LogP contribution in [0.5, 0.6) is 5.88 Å². The normalized spacial score (nSPS) is 11.4. The van der Waals surface area contributed by atoms with Crippen molar-refractivity contribution in [2.45, 2.75) is 12.5 Å². The number of nitrogens with one attached hydrogen (secondary N) is 1. The number of carbonyl (C=O) groups is 2. The number of hydrogen-bond acceptors (Lipinski definition) is 5. The molecule has 0 bridgehead atoms. The highest BCUT2D eigenvalue weighted by Gasteiger charge is 2.22. The second-order valence-electron chi connectivity index (χ2n) is 4.83. The highest BCUT2D eigenvalue weighted by Crippen LogP contribution is 2.09. The predicted molar refractivity (Wildman–Crippen MR) is 84.2 cm³/mol. The van der Waals surface area contributed by atoms with Crippen molar-refractivity contribution in [3.05, 3.63) is 59.8 Å². The molecule has 23 heavy (non-hydrogen) atoms. The Morgan fingerprint density at radius 1 is 1.13 bits per heavy atom. The van der Waals surface area contributed by atoms with Crippen LogP contribution in [0.3, 0.4) is 0 Å². The van der Waals surface area contributed by atoms with Gasteiger partial charge in [0.25, 0.3) is 5.91 Å². The van der Waals surface area contributed by atoms with Gasteiger partial charge in [-0.2, -0.15) is 0 Å². The predicted octanol–water partition coefficient (Wildman–Crippen LogP) is 1.60. The molecule has 0 aliphatic carbocycles. The van der Waals surface area contributed by atoms with E-state index in [1.807, 2.05) is 30.3 Å². The molecular weight excluding hydrogens is 296 g/mol. The molecular formula is C17H18N2O4. The topological polar surface area (TPSA) is 77.5 Å². The first-order chi connectivity index (χ1) is 11.1. The van der Waals surface area contributed by atoms with Crippen molar-refractivity contribution >= 4 is 11.9 Å². The Hall–Kier alpha value is -2.89. The van der Waals surface area contributed by atoms with Crippen LogP contribution in [0.25, 0.3) is 0 Å². The molecule has 1 aromatic carbocycles. The molecule has 1 heterocycles. The van der Waals surface area contributed by atoms with Crippen molar-refractivity contribution in [1.29, 1.82) is 0 Å². The maximum absolute atomic E-state index is 12.3. The van der Waals surface area contributed by atoms with Gasteiger partial charge >= 0.3 is 5.97 Å². The van der Waals surface area contributed by atoms with Crippen molar-refractivity contribution in [2.75, 3.05) is 14.2 Å². The summed E-state index contributed by atoms with van der Waals surface area (Å²) in [4.78, 5) is 28.2. The highest BCUT2D eigenvalue weighted by atomic mass is 16.5. The zero-order chi connectivity index (χ0) is 16.7. The first kappa shape index (κ1) is 16.5. The number of amides is 1. The fraction of sp³-hybridized carbons (Fsp3) is 0.235. The van der Waals surface area contributed by atoms with Gasteiger partial charge in [-0.15, -0.1) is 0 Å². The SMILES string of the molecule is COC(=O)[C@H](Cc1ccccc1)NC(=O)c1ccc(OC)nc1. The van der Waals surface area contributed by atoms with Crippen molar-refractivity contribution < 1.29 is 19.1 Å². The summed E-state index contributed by atoms with van der Waals surface area (Å²) in [6.07, 6.45) is 1.74. The van der Waals surface area contributed by atoms with E-state index in [1.165, 1.54) is 20.4 Å². The van der Waals surface area contributed by atoms with Gasteiger partial charge in [0.2, 0.25) is 5.88 Å². The minimum atomic E-state index is -0.767. The van der Waals surface area contributed by atoms with Gasteiger partial charge in [-0.25, -0.2) is 9.78 Å². The molecule has 0 saturated carbocycles. The van der Waals surface area contributed by atoms with Crippen molar-refractivity contribution in [3.8, 4) is 5.88 Å². The van der Waals surface area contributed by atoms with Crippen molar-refractivity contribution in [2.24, 2.45) is 0 Å². The summed E-state index contributed by atoms with van der Waals surface area (Å²) in [5.41, 5.74) is 1.27. The molecule has 2 rings (SSSR count). The molecule has 6 heteroatoms. The number of aromatic nitrogens is 1. The molecule has 1 atom stereocenters. The van der Waals surface area contributed by atoms with Gasteiger partial charge in [0.15, 0.2) is 0 Å². The van der Waals surface area contributed by atoms with Gasteiger partial charge in [-0.05, 0) is 11.6 Å². The quantitative estimate of drug-likeness (QED) is 0.820. The average molecular weight is 314 g/mol. The summed E-state index contributed by atoms with van der Waals surface area (Å²) in [5, 5.41) is 2.68. The van der Waals surface area contributed by atoms with Gasteiger partial charge < -0.3 is 14.8 Å². The lowest BCUT2D eigenvalue weighted by Crippen LogP contribution is -2.43. The minimum Gasteiger partial charge on any atom is -0.481 e. The fourth-order valence-corrected chi connectivity index (χ4v) is 2.06. The molecule has 1 aromatic heterocycles. The van der Waals surface area contributed by atoms with E-state index in [4.69, 9.17) is 9.47 Å². The van der Waals surface area contributed by atoms with Crippen LogP contribution >= 0.6 is 0 Å². The summed E-state index contributed by atoms with van der Waals surface area (Å²) >= 11 is 0. The maximum atomic E-state index is 12.3. The number of ether oxygens (including phenoxy) is 2. The van der Waals surface area contributed by atoms with E-state index in [0.29, 0.717) is 17.9 Å². The maximum Gasteiger partial charge on any atom is 0.328 e. The lowest BCUT2D eigenvalue weighted by Gasteiger charge is -2.16. The van der Waals surface area contributed by atoms with Gasteiger partial charge in [0.1, 0.15) is 6.04 Å². The molecule has 1 amide bonds. The van der Waals surface area contributed by atoms with E-state index < -0.39 is 17.9 Å². The number of methoxy groups -OCH3 is 2. The van der Waals surface area contributed by atoms with Gasteiger partial charge in [-0.3, -0.25) is 4.79 Å². The van der Waals surface area contributed by atoms with Crippen molar-refractivity contribution in [3.63, 3.8) is 0 Å². The van der Waals surface area contributed by atoms with E-state index in [-0.39, 0.29) is 0 Å². The Bertz CT molecular complexity index is 656. The first-order valence-corrected chi connectivity index (χ1v) is 7.06. The number of hydrogen-bond donors (Lipinski definition) is 1. The van der Waals surface area contributed by atoms with E-state index in [0.717, 1.165) is 5.56 Å². The number of benzene rings is 1. The molecule has 2 aromatic rings. The molecule has 0 unspecified atom stereocenters. The number of esters is 1. The molecule has 1 N–H and O–H groups in total. The zero-order valence-electron chi connectivity index (χ0n) is 13.0. The van der Waals surface area contributed by atoms with Gasteiger partial charge in [0.05, 0.1) is 19.8 Å². The van der Waals surface area contributed by atoms with Crippen LogP contribution in [0.15, 0.2) is 48.7 Å². The second-order valence-corrected chi connectivity index (χ2v) is 4.83. The van der Waals surface area contributed by atoms with E-state index in [2.05, 4.69) is 10.3 Å². The zero-order valence-corrected chi connectivity index (χ0v) is 13.0. The van der Waals surface area contributed by atoms with E-state index in [1.54, 1.807) is 12.1 Å². The summed E-state index contributed by atoms with van der Waals surface area (Å²) in [6, 6.07) is 11.8. The van der Waals surface area contributed by atoms with Gasteiger partial charge in [0, 0.05) is 18.7 Å². The van der Waals surface area contributed by atoms with E-state index in [9.17, 15) is 9.59 Å². The number of carbonyl (C=O) groups excluding carboxylic acids is 2. The largest absolute Gasteiger partial charge is 0.481 e. The van der Waals surface area contributed by atoms with Crippen LogP contribution in [-0.2, 0) is 16.0 Å². The molecule has 0 saturated heterocycles. The standard InChI is InChI=1S/C17H18N2O4/c1-22-15-9-8-13(11-18-15)16(20)19-14(17(21)23-2)10-12-6-4-3-5-7-12/h3-9,11,14H,10H2,1-2H3,(H,19,20)/t14-/m0/s1. The van der Waals surface area contributed by atoms with Crippen LogP contribution in [0.2, 0.25) is 0 Å². The monoisotopic (exact) mass is 314 g/mol. The van der Waals surface area contributed by atoms with E-state index >= 15 is 0 Å². The fourth-order valence-electron chi connectivity index (χ4n) is 2.06. The number of rotatable bonds is 6. The average Bonchev–Trinajstić information content (AvgIpc) is 2.61. The lowest BCUT2D eigenvalue weighted by atomic mass is 10.1. The summed E-state index contributed by atoms with van der Waals surface area (Å²) < 4.78 is 9.72. The summed E-state index contributed by atoms with van der Waals surface area (Å²) in [5.74, 6) is -0.481. The molecule has 0 aliphatic heterocycles.